The van der Waals surface area contributed by atoms with Gasteiger partial charge in [0.1, 0.15) is 5.75 Å². The number of allylic oxidation sites excluding steroid dienone is 4. The maximum Gasteiger partial charge on any atom is 0.119 e. The molecule has 0 amide bonds. The molecule has 0 spiro atoms. The van der Waals surface area contributed by atoms with E-state index in [1.165, 1.54) is 11.1 Å². The van der Waals surface area contributed by atoms with E-state index >= 15 is 0 Å². The number of rotatable bonds is 7. The van der Waals surface area contributed by atoms with Gasteiger partial charge in [0.25, 0.3) is 0 Å². The molecule has 2 nitrogen and oxygen atoms in total. The van der Waals surface area contributed by atoms with Crippen molar-refractivity contribution in [3.05, 3.63) is 52.8 Å². The SMILES string of the molecule is CCC(C)c1cc(CC(C)(C)C2=CC=C(O)C(C(C)CC)[C@H]2C)ccc1O. The molecule has 27 heavy (non-hydrogen) atoms. The van der Waals surface area contributed by atoms with Gasteiger partial charge in [0.05, 0.1) is 5.76 Å². The van der Waals surface area contributed by atoms with Gasteiger partial charge in [-0.15, -0.1) is 0 Å². The number of benzene rings is 1. The molecular formula is C25H38O2. The Morgan fingerprint density at radius 1 is 1.04 bits per heavy atom. The minimum absolute atomic E-state index is 0.00791. The summed E-state index contributed by atoms with van der Waals surface area (Å²) in [5.41, 5.74) is 3.71. The zero-order chi connectivity index (χ0) is 20.4. The second-order valence-corrected chi connectivity index (χ2v) is 9.18. The molecule has 0 bridgehead atoms. The van der Waals surface area contributed by atoms with Crippen LogP contribution in [0.3, 0.4) is 0 Å². The van der Waals surface area contributed by atoms with Crippen molar-refractivity contribution in [2.45, 2.75) is 73.6 Å². The van der Waals surface area contributed by atoms with Crippen LogP contribution >= 0.6 is 0 Å². The van der Waals surface area contributed by atoms with Crippen molar-refractivity contribution in [1.29, 1.82) is 0 Å². The molecule has 2 heteroatoms. The highest BCUT2D eigenvalue weighted by atomic mass is 16.3. The van der Waals surface area contributed by atoms with E-state index in [1.807, 2.05) is 12.1 Å². The molecule has 0 aromatic heterocycles. The summed E-state index contributed by atoms with van der Waals surface area (Å²) in [6, 6.07) is 6.08. The predicted molar refractivity (Wildman–Crippen MR) is 115 cm³/mol. The van der Waals surface area contributed by atoms with Crippen LogP contribution in [0.2, 0.25) is 0 Å². The van der Waals surface area contributed by atoms with Gasteiger partial charge in [-0.2, -0.15) is 0 Å². The number of hydrogen-bond donors (Lipinski definition) is 2. The molecule has 0 radical (unpaired) electrons. The van der Waals surface area contributed by atoms with E-state index in [-0.39, 0.29) is 11.3 Å². The molecule has 0 saturated carbocycles. The molecule has 0 aliphatic heterocycles. The summed E-state index contributed by atoms with van der Waals surface area (Å²) in [4.78, 5) is 0. The highest BCUT2D eigenvalue weighted by molar-refractivity contribution is 5.40. The number of phenolic OH excluding ortho intramolecular Hbond substituents is 1. The van der Waals surface area contributed by atoms with Gasteiger partial charge in [-0.05, 0) is 59.3 Å². The molecule has 1 aromatic carbocycles. The normalized spacial score (nSPS) is 22.8. The summed E-state index contributed by atoms with van der Waals surface area (Å²) in [5, 5.41) is 20.7. The molecule has 1 aromatic rings. The quantitative estimate of drug-likeness (QED) is 0.535. The van der Waals surface area contributed by atoms with Crippen molar-refractivity contribution in [3.8, 4) is 5.75 Å². The summed E-state index contributed by atoms with van der Waals surface area (Å²) < 4.78 is 0. The fraction of sp³-hybridized carbons (Fsp3) is 0.600. The Morgan fingerprint density at radius 3 is 2.30 bits per heavy atom. The molecule has 1 aliphatic carbocycles. The highest BCUT2D eigenvalue weighted by Gasteiger charge is 2.37. The Labute approximate surface area is 166 Å². The van der Waals surface area contributed by atoms with Gasteiger partial charge in [0.2, 0.25) is 0 Å². The molecule has 150 valence electrons. The lowest BCUT2D eigenvalue weighted by molar-refractivity contribution is 0.200. The van der Waals surface area contributed by atoms with Crippen molar-refractivity contribution in [1.82, 2.24) is 0 Å². The third-order valence-electron chi connectivity index (χ3n) is 6.72. The number of aliphatic hydroxyl groups is 1. The molecule has 0 heterocycles. The maximum absolute atomic E-state index is 10.5. The third kappa shape index (κ3) is 4.59. The summed E-state index contributed by atoms with van der Waals surface area (Å²) in [6.07, 6.45) is 7.05. The summed E-state index contributed by atoms with van der Waals surface area (Å²) in [7, 11) is 0. The van der Waals surface area contributed by atoms with E-state index < -0.39 is 0 Å². The summed E-state index contributed by atoms with van der Waals surface area (Å²) in [5.74, 6) is 2.27. The van der Waals surface area contributed by atoms with Crippen molar-refractivity contribution >= 4 is 0 Å². The van der Waals surface area contributed by atoms with Crippen molar-refractivity contribution in [2.75, 3.05) is 0 Å². The Kier molecular flexibility index (Phi) is 6.83. The van der Waals surface area contributed by atoms with Gasteiger partial charge in [-0.1, -0.05) is 78.7 Å². The van der Waals surface area contributed by atoms with Gasteiger partial charge >= 0.3 is 0 Å². The summed E-state index contributed by atoms with van der Waals surface area (Å²) in [6.45, 7) is 15.6. The molecule has 2 rings (SSSR count). The Hall–Kier alpha value is -1.70. The molecular weight excluding hydrogens is 332 g/mol. The van der Waals surface area contributed by atoms with Crippen LogP contribution in [-0.4, -0.2) is 10.2 Å². The van der Waals surface area contributed by atoms with Crippen LogP contribution in [0.25, 0.3) is 0 Å². The van der Waals surface area contributed by atoms with E-state index in [9.17, 15) is 10.2 Å². The van der Waals surface area contributed by atoms with Crippen LogP contribution in [0.4, 0.5) is 0 Å². The first-order valence-electron chi connectivity index (χ1n) is 10.5. The minimum Gasteiger partial charge on any atom is -0.512 e. The summed E-state index contributed by atoms with van der Waals surface area (Å²) >= 11 is 0. The molecule has 4 atom stereocenters. The second-order valence-electron chi connectivity index (χ2n) is 9.18. The van der Waals surface area contributed by atoms with Crippen molar-refractivity contribution < 1.29 is 10.2 Å². The third-order valence-corrected chi connectivity index (χ3v) is 6.72. The van der Waals surface area contributed by atoms with Crippen LogP contribution < -0.4 is 0 Å². The van der Waals surface area contributed by atoms with Crippen LogP contribution in [-0.2, 0) is 6.42 Å². The topological polar surface area (TPSA) is 40.5 Å². The van der Waals surface area contributed by atoms with E-state index in [0.29, 0.717) is 29.3 Å². The lowest BCUT2D eigenvalue weighted by Gasteiger charge is -2.40. The smallest absolute Gasteiger partial charge is 0.119 e. The molecule has 3 unspecified atom stereocenters. The second kappa shape index (κ2) is 8.54. The zero-order valence-corrected chi connectivity index (χ0v) is 18.2. The first-order chi connectivity index (χ1) is 12.6. The molecule has 1 aliphatic rings. The van der Waals surface area contributed by atoms with E-state index in [2.05, 4.69) is 66.7 Å². The van der Waals surface area contributed by atoms with Gasteiger partial charge < -0.3 is 10.2 Å². The van der Waals surface area contributed by atoms with Crippen LogP contribution in [0.15, 0.2) is 41.7 Å². The highest BCUT2D eigenvalue weighted by Crippen LogP contribution is 2.45. The number of phenols is 1. The van der Waals surface area contributed by atoms with Crippen LogP contribution in [0, 0.1) is 23.2 Å². The van der Waals surface area contributed by atoms with Gasteiger partial charge in [-0.25, -0.2) is 0 Å². The van der Waals surface area contributed by atoms with E-state index in [4.69, 9.17) is 0 Å². The van der Waals surface area contributed by atoms with E-state index in [0.717, 1.165) is 24.8 Å². The molecule has 0 fully saturated rings. The number of aliphatic hydroxyl groups excluding tert-OH is 1. The lowest BCUT2D eigenvalue weighted by Crippen LogP contribution is -2.32. The number of aromatic hydroxyl groups is 1. The minimum atomic E-state index is -0.00791. The molecule has 2 N–H and O–H groups in total. The predicted octanol–water partition coefficient (Wildman–Crippen LogP) is 7.15. The maximum atomic E-state index is 10.5. The largest absolute Gasteiger partial charge is 0.512 e. The Morgan fingerprint density at radius 2 is 1.70 bits per heavy atom. The average molecular weight is 371 g/mol. The van der Waals surface area contributed by atoms with Crippen molar-refractivity contribution in [3.63, 3.8) is 0 Å². The fourth-order valence-corrected chi connectivity index (χ4v) is 4.71. The van der Waals surface area contributed by atoms with Crippen LogP contribution in [0.5, 0.6) is 5.75 Å². The zero-order valence-electron chi connectivity index (χ0n) is 18.2. The average Bonchev–Trinajstić information content (AvgIpc) is 2.61. The lowest BCUT2D eigenvalue weighted by atomic mass is 9.65. The standard InChI is InChI=1S/C25H38O2/c1-8-16(3)20-14-19(10-12-22(20)26)15-25(6,7)21-11-13-23(27)24(18(21)5)17(4)9-2/h10-14,16-18,24,26-27H,8-9,15H2,1-7H3/t16?,17?,18-,24?/m0/s1. The van der Waals surface area contributed by atoms with Gasteiger partial charge in [0, 0.05) is 5.92 Å². The Balaban J connectivity index is 2.31. The van der Waals surface area contributed by atoms with Gasteiger partial charge in [-0.3, -0.25) is 0 Å². The van der Waals surface area contributed by atoms with Gasteiger partial charge in [0.15, 0.2) is 0 Å². The first kappa shape index (κ1) is 21.6. The van der Waals surface area contributed by atoms with Crippen molar-refractivity contribution in [2.24, 2.45) is 23.2 Å². The van der Waals surface area contributed by atoms with E-state index in [1.54, 1.807) is 0 Å². The number of hydrogen-bond acceptors (Lipinski definition) is 2. The van der Waals surface area contributed by atoms with Crippen LogP contribution in [0.1, 0.15) is 78.4 Å². The molecule has 0 saturated heterocycles. The Bertz CT molecular complexity index is 711. The monoisotopic (exact) mass is 370 g/mol. The fourth-order valence-electron chi connectivity index (χ4n) is 4.71. The first-order valence-corrected chi connectivity index (χ1v) is 10.5.